The molecule has 0 unspecified atom stereocenters. The van der Waals surface area contributed by atoms with E-state index >= 15 is 0 Å². The summed E-state index contributed by atoms with van der Waals surface area (Å²) in [5, 5.41) is 0. The molecular weight excluding hydrogens is 445 g/mol. The van der Waals surface area contributed by atoms with Crippen molar-refractivity contribution < 1.29 is 48.8 Å². The molecule has 0 amide bonds. The number of halogens is 10. The van der Waals surface area contributed by atoms with Crippen molar-refractivity contribution in [1.29, 1.82) is 0 Å². The van der Waals surface area contributed by atoms with Crippen LogP contribution in [0.1, 0.15) is 5.69 Å². The minimum atomic E-state index is -2.72. The van der Waals surface area contributed by atoms with E-state index in [1.54, 1.807) is 0 Å². The van der Waals surface area contributed by atoms with Crippen molar-refractivity contribution in [3.63, 3.8) is 0 Å². The molecule has 2 nitrogen and oxygen atoms in total. The van der Waals surface area contributed by atoms with Gasteiger partial charge in [-0.1, -0.05) is 6.07 Å². The summed E-state index contributed by atoms with van der Waals surface area (Å²) in [5.41, 5.74) is -3.64. The van der Waals surface area contributed by atoms with Crippen molar-refractivity contribution in [2.45, 2.75) is 6.92 Å². The van der Waals surface area contributed by atoms with Gasteiger partial charge < -0.3 is 4.90 Å². The quantitative estimate of drug-likeness (QED) is 0.261. The number of aromatic amines is 1. The van der Waals surface area contributed by atoms with Gasteiger partial charge in [0.25, 0.3) is 0 Å². The minimum absolute atomic E-state index is 0.294. The molecule has 13 heteroatoms. The number of benzene rings is 2. The van der Waals surface area contributed by atoms with E-state index in [9.17, 15) is 43.9 Å². The first-order valence-electron chi connectivity index (χ1n) is 8.25. The molecule has 0 aliphatic heterocycles. The van der Waals surface area contributed by atoms with E-state index in [4.69, 9.17) is 0 Å². The van der Waals surface area contributed by atoms with Crippen molar-refractivity contribution in [3.05, 3.63) is 87.6 Å². The Morgan fingerprint density at radius 1 is 0.581 bits per heavy atom. The van der Waals surface area contributed by atoms with Crippen LogP contribution in [0.4, 0.5) is 43.9 Å². The van der Waals surface area contributed by atoms with Crippen LogP contribution in [0.25, 0.3) is 0 Å². The van der Waals surface area contributed by atoms with Crippen LogP contribution in [0.5, 0.6) is 0 Å². The molecule has 0 aliphatic rings. The maximum Gasteiger partial charge on any atom is 0.224 e. The van der Waals surface area contributed by atoms with E-state index in [1.165, 1.54) is 19.1 Å². The number of nitrogens with one attached hydrogen (secondary N) is 2. The standard InChI is InChI=1S/C18H8BF10N2/c1-5-3-2-4-6(30-5)31-19(7-9(20)13(24)17(28)14(25)10(7)21)8-11(22)15(26)18(29)16(27)12(8)23/h2-4,30-31H,1H3/b31-6-. The summed E-state index contributed by atoms with van der Waals surface area (Å²) in [6.45, 7) is -1.25. The van der Waals surface area contributed by atoms with Crippen molar-refractivity contribution in [1.82, 2.24) is 4.98 Å². The van der Waals surface area contributed by atoms with E-state index in [2.05, 4.69) is 4.98 Å². The molecule has 31 heavy (non-hydrogen) atoms. The van der Waals surface area contributed by atoms with Crippen LogP contribution >= 0.6 is 0 Å². The highest BCUT2D eigenvalue weighted by Gasteiger charge is 2.32. The summed E-state index contributed by atoms with van der Waals surface area (Å²) < 4.78 is 139. The van der Waals surface area contributed by atoms with E-state index < -0.39 is 75.9 Å². The zero-order valence-corrected chi connectivity index (χ0v) is 15.1. The third kappa shape index (κ3) is 3.68. The fourth-order valence-electron chi connectivity index (χ4n) is 2.86. The molecule has 0 saturated heterocycles. The van der Waals surface area contributed by atoms with Crippen LogP contribution in [0.3, 0.4) is 0 Å². The van der Waals surface area contributed by atoms with E-state index in [0.29, 0.717) is 5.69 Å². The lowest BCUT2D eigenvalue weighted by atomic mass is 9.50. The molecule has 3 rings (SSSR count). The summed E-state index contributed by atoms with van der Waals surface area (Å²) in [5.74, 6) is -25.1. The minimum Gasteiger partial charge on any atom is -0.485 e. The Morgan fingerprint density at radius 2 is 0.935 bits per heavy atom. The van der Waals surface area contributed by atoms with Gasteiger partial charge in [0.1, 0.15) is 23.3 Å². The lowest BCUT2D eigenvalue weighted by Gasteiger charge is -2.25. The molecule has 0 atom stereocenters. The average Bonchev–Trinajstić information content (AvgIpc) is 2.73. The SMILES string of the molecule is Cc1ccc/c(=[NH+]/[B-](c2c(F)c(F)c(F)c(F)c2F)c2c(F)c(F)c(F)c(F)c2F)[nH]1. The average molecular weight is 453 g/mol. The molecule has 1 heterocycles. The van der Waals surface area contributed by atoms with Crippen molar-refractivity contribution in [2.24, 2.45) is 0 Å². The van der Waals surface area contributed by atoms with Crippen LogP contribution < -0.4 is 21.3 Å². The highest BCUT2D eigenvalue weighted by molar-refractivity contribution is 6.78. The molecule has 0 fully saturated rings. The lowest BCUT2D eigenvalue weighted by Crippen LogP contribution is -2.94. The number of rotatable bonds is 3. The number of pyridine rings is 1. The van der Waals surface area contributed by atoms with E-state index in [1.807, 2.05) is 4.90 Å². The number of hydrogen-bond donors (Lipinski definition) is 2. The van der Waals surface area contributed by atoms with Gasteiger partial charge in [0, 0.05) is 6.07 Å². The molecule has 163 valence electrons. The fraction of sp³-hybridized carbons (Fsp3) is 0.0556. The molecule has 1 radical (unpaired) electrons. The topological polar surface area (TPSA) is 29.8 Å². The number of aryl methyl sites for hydroxylation is 1. The van der Waals surface area contributed by atoms with E-state index in [0.717, 1.165) is 6.07 Å². The maximum atomic E-state index is 14.4. The Labute approximate surface area is 167 Å². The molecule has 1 aromatic heterocycles. The zero-order chi connectivity index (χ0) is 23.2. The molecule has 0 spiro atoms. The summed E-state index contributed by atoms with van der Waals surface area (Å²) in [6, 6.07) is 3.91. The summed E-state index contributed by atoms with van der Waals surface area (Å²) in [6.07, 6.45) is 0. The second kappa shape index (κ2) is 8.12. The first-order chi connectivity index (χ1) is 14.5. The number of aromatic nitrogens is 1. The zero-order valence-electron chi connectivity index (χ0n) is 15.1. The van der Waals surface area contributed by atoms with Crippen LogP contribution in [-0.4, -0.2) is 11.8 Å². The predicted molar refractivity (Wildman–Crippen MR) is 87.1 cm³/mol. The maximum absolute atomic E-state index is 14.4. The fourth-order valence-corrected chi connectivity index (χ4v) is 2.86. The Morgan fingerprint density at radius 3 is 1.29 bits per heavy atom. The first kappa shape index (κ1) is 22.4. The van der Waals surface area contributed by atoms with Crippen LogP contribution in [0.2, 0.25) is 0 Å². The molecule has 2 N–H and O–H groups in total. The van der Waals surface area contributed by atoms with Gasteiger partial charge in [-0.25, -0.2) is 48.9 Å². The Hall–Kier alpha value is -3.25. The van der Waals surface area contributed by atoms with Crippen molar-refractivity contribution in [2.75, 3.05) is 0 Å². The second-order valence-corrected chi connectivity index (χ2v) is 6.29. The van der Waals surface area contributed by atoms with Gasteiger partial charge in [-0.2, -0.15) is 0 Å². The highest BCUT2D eigenvalue weighted by atomic mass is 19.2. The van der Waals surface area contributed by atoms with Crippen molar-refractivity contribution >= 4 is 17.8 Å². The van der Waals surface area contributed by atoms with Gasteiger partial charge in [-0.15, -0.1) is 10.9 Å². The monoisotopic (exact) mass is 453 g/mol. The molecular formula is C18H8BF10N2. The summed E-state index contributed by atoms with van der Waals surface area (Å²) >= 11 is 0. The van der Waals surface area contributed by atoms with Crippen LogP contribution in [-0.2, 0) is 0 Å². The van der Waals surface area contributed by atoms with Crippen molar-refractivity contribution in [3.8, 4) is 0 Å². The van der Waals surface area contributed by atoms with Gasteiger partial charge in [0.2, 0.25) is 5.49 Å². The Kier molecular flexibility index (Phi) is 5.88. The third-order valence-electron chi connectivity index (χ3n) is 4.31. The molecule has 3 aromatic rings. The normalized spacial score (nSPS) is 12.2. The number of H-pyrrole nitrogens is 1. The number of hydrogen-bond acceptors (Lipinski definition) is 0. The van der Waals surface area contributed by atoms with Gasteiger partial charge in [-0.05, 0) is 13.0 Å². The van der Waals surface area contributed by atoms with Gasteiger partial charge in [0.05, 0.1) is 5.69 Å². The van der Waals surface area contributed by atoms with Crippen LogP contribution in [0.15, 0.2) is 18.2 Å². The third-order valence-corrected chi connectivity index (χ3v) is 4.31. The first-order valence-corrected chi connectivity index (χ1v) is 8.25. The highest BCUT2D eigenvalue weighted by Crippen LogP contribution is 2.19. The summed E-state index contributed by atoms with van der Waals surface area (Å²) in [7, 11) is 0. The Balaban J connectivity index is 2.51. The lowest BCUT2D eigenvalue weighted by molar-refractivity contribution is -0.345. The molecule has 0 aliphatic carbocycles. The summed E-state index contributed by atoms with van der Waals surface area (Å²) in [4.78, 5) is 4.55. The van der Waals surface area contributed by atoms with Gasteiger partial charge >= 0.3 is 0 Å². The van der Waals surface area contributed by atoms with Gasteiger partial charge in [-0.3, -0.25) is 0 Å². The molecule has 0 bridgehead atoms. The smallest absolute Gasteiger partial charge is 0.224 e. The predicted octanol–water partition coefficient (Wildman–Crippen LogP) is 1.50. The second-order valence-electron chi connectivity index (χ2n) is 6.29. The van der Waals surface area contributed by atoms with E-state index in [-0.39, 0.29) is 5.49 Å². The largest absolute Gasteiger partial charge is 0.485 e. The Bertz CT molecular complexity index is 1140. The van der Waals surface area contributed by atoms with Gasteiger partial charge in [0.15, 0.2) is 41.8 Å². The van der Waals surface area contributed by atoms with Crippen LogP contribution in [0, 0.1) is 65.1 Å². The molecule has 0 saturated carbocycles. The molecule has 2 aromatic carbocycles.